The third kappa shape index (κ3) is 3.51. The highest BCUT2D eigenvalue weighted by Gasteiger charge is 2.26. The van der Waals surface area contributed by atoms with Gasteiger partial charge in [0.2, 0.25) is 6.04 Å². The van der Waals surface area contributed by atoms with E-state index in [1.54, 1.807) is 0 Å². The Morgan fingerprint density at radius 3 is 2.32 bits per heavy atom. The largest absolute Gasteiger partial charge is 0.370 e. The van der Waals surface area contributed by atoms with E-state index < -0.39 is 0 Å². The highest BCUT2D eigenvalue weighted by atomic mass is 79.9. The Kier molecular flexibility index (Phi) is 5.56. The molecule has 0 atom stereocenters. The first kappa shape index (κ1) is 19.9. The Hall–Kier alpha value is -1.36. The van der Waals surface area contributed by atoms with Gasteiger partial charge in [0, 0.05) is 62.3 Å². The zero-order valence-corrected chi connectivity index (χ0v) is 20.4. The summed E-state index contributed by atoms with van der Waals surface area (Å²) >= 11 is 11.0. The van der Waals surface area contributed by atoms with Gasteiger partial charge >= 0.3 is 0 Å². The molecule has 0 N–H and O–H groups in total. The summed E-state index contributed by atoms with van der Waals surface area (Å²) in [5, 5.41) is 1.19. The van der Waals surface area contributed by atoms with Gasteiger partial charge in [0.05, 0.1) is 5.69 Å². The van der Waals surface area contributed by atoms with Crippen LogP contribution in [0.3, 0.4) is 0 Å². The number of piperidine rings is 1. The third-order valence-corrected chi connectivity index (χ3v) is 6.93. The lowest BCUT2D eigenvalue weighted by Crippen LogP contribution is -2.35. The number of aromatic nitrogens is 2. The van der Waals surface area contributed by atoms with Crippen LogP contribution in [0.5, 0.6) is 0 Å². The number of benzene rings is 1. The minimum Gasteiger partial charge on any atom is -0.370 e. The molecule has 1 aliphatic heterocycles. The normalized spacial score (nSPS) is 15.2. The van der Waals surface area contributed by atoms with Crippen LogP contribution in [0.4, 0.5) is 5.69 Å². The lowest BCUT2D eigenvalue weighted by Gasteiger charge is -2.30. The van der Waals surface area contributed by atoms with Gasteiger partial charge in [0.15, 0.2) is 0 Å². The van der Waals surface area contributed by atoms with E-state index in [2.05, 4.69) is 81.3 Å². The van der Waals surface area contributed by atoms with Crippen molar-refractivity contribution in [3.63, 3.8) is 0 Å². The van der Waals surface area contributed by atoms with Gasteiger partial charge in [-0.15, -0.1) is 0 Å². The summed E-state index contributed by atoms with van der Waals surface area (Å²) in [6.07, 6.45) is 4.01. The van der Waals surface area contributed by atoms with Crippen molar-refractivity contribution in [3.05, 3.63) is 60.5 Å². The summed E-state index contributed by atoms with van der Waals surface area (Å²) in [5.41, 5.74) is 5.43. The van der Waals surface area contributed by atoms with Gasteiger partial charge < -0.3 is 9.74 Å². The van der Waals surface area contributed by atoms with Crippen molar-refractivity contribution in [2.24, 2.45) is 0 Å². The molecule has 3 aromatic rings. The molecule has 0 unspecified atom stereocenters. The van der Waals surface area contributed by atoms with Gasteiger partial charge in [0.1, 0.15) is 5.65 Å². The zero-order chi connectivity index (χ0) is 20.0. The Bertz CT molecular complexity index is 1080. The Morgan fingerprint density at radius 2 is 1.71 bits per heavy atom. The number of anilines is 1. The maximum absolute atomic E-state index is 7.30. The number of nitrogens with zero attached hydrogens (tertiary/aromatic N) is 4. The minimum absolute atomic E-state index is 0.162. The molecule has 28 heavy (non-hydrogen) atoms. The van der Waals surface area contributed by atoms with Crippen LogP contribution in [0.2, 0.25) is 0 Å². The smallest absolute Gasteiger partial charge is 0.227 e. The van der Waals surface area contributed by atoms with Crippen molar-refractivity contribution in [1.29, 1.82) is 0 Å². The third-order valence-electron chi connectivity index (χ3n) is 5.26. The van der Waals surface area contributed by atoms with Crippen LogP contribution in [-0.4, -0.2) is 28.7 Å². The van der Waals surface area contributed by atoms with E-state index in [4.69, 9.17) is 11.6 Å². The van der Waals surface area contributed by atoms with Crippen LogP contribution in [0.25, 0.3) is 21.6 Å². The highest BCUT2D eigenvalue weighted by Crippen LogP contribution is 2.39. The standard InChI is InChI=1S/C21H19Br3N4/c1-12-11-28(20-16(23)9-14(22)10-17(20)24)21-19(12)18(8-13(2)26-21)27-6-4-15(25-3)5-7-27/h8-11,15H,4-7H2,1-2H3. The van der Waals surface area contributed by atoms with E-state index >= 15 is 0 Å². The predicted molar refractivity (Wildman–Crippen MR) is 125 cm³/mol. The summed E-state index contributed by atoms with van der Waals surface area (Å²) in [5.74, 6) is 0. The Labute approximate surface area is 190 Å². The second-order valence-electron chi connectivity index (χ2n) is 7.23. The molecule has 0 spiro atoms. The first-order valence-electron chi connectivity index (χ1n) is 9.14. The van der Waals surface area contributed by atoms with Gasteiger partial charge in [0.25, 0.3) is 0 Å². The molecule has 144 valence electrons. The van der Waals surface area contributed by atoms with Gasteiger partial charge in [-0.05, 0) is 69.5 Å². The Balaban J connectivity index is 1.89. The highest BCUT2D eigenvalue weighted by molar-refractivity contribution is 9.11. The molecule has 0 saturated carbocycles. The van der Waals surface area contributed by atoms with Gasteiger partial charge in [-0.1, -0.05) is 15.9 Å². The lowest BCUT2D eigenvalue weighted by atomic mass is 10.0. The van der Waals surface area contributed by atoms with E-state index in [1.807, 2.05) is 19.1 Å². The van der Waals surface area contributed by atoms with Crippen LogP contribution in [-0.2, 0) is 0 Å². The molecule has 0 amide bonds. The van der Waals surface area contributed by atoms with Crippen molar-refractivity contribution in [2.75, 3.05) is 18.0 Å². The maximum Gasteiger partial charge on any atom is 0.227 e. The molecule has 4 nitrogen and oxygen atoms in total. The fourth-order valence-corrected chi connectivity index (χ4v) is 6.57. The molecular weight excluding hydrogens is 548 g/mol. The molecule has 1 saturated heterocycles. The lowest BCUT2D eigenvalue weighted by molar-refractivity contribution is 0.549. The molecule has 4 rings (SSSR count). The first-order chi connectivity index (χ1) is 13.4. The summed E-state index contributed by atoms with van der Waals surface area (Å²) in [6, 6.07) is 6.44. The summed E-state index contributed by atoms with van der Waals surface area (Å²) in [4.78, 5) is 11.1. The molecule has 0 bridgehead atoms. The van der Waals surface area contributed by atoms with Crippen molar-refractivity contribution < 1.29 is 0 Å². The number of hydrogen-bond acceptors (Lipinski definition) is 2. The fraction of sp³-hybridized carbons (Fsp3) is 0.333. The summed E-state index contributed by atoms with van der Waals surface area (Å²) in [6.45, 7) is 13.3. The molecule has 7 heteroatoms. The molecule has 2 aromatic heterocycles. The SMILES string of the molecule is [C-]#[N+]C1CCN(c2cc(C)nc3c2c(C)cn3-c2c(Br)cc(Br)cc2Br)CC1. The van der Waals surface area contributed by atoms with Crippen molar-refractivity contribution in [1.82, 2.24) is 9.55 Å². The van der Waals surface area contributed by atoms with E-state index in [0.717, 1.165) is 56.4 Å². The monoisotopic (exact) mass is 564 g/mol. The molecular formula is C21H19Br3N4. The second kappa shape index (κ2) is 7.81. The molecule has 1 fully saturated rings. The molecule has 1 aliphatic rings. The predicted octanol–water partition coefficient (Wildman–Crippen LogP) is 6.82. The number of halogens is 3. The Morgan fingerprint density at radius 1 is 1.07 bits per heavy atom. The van der Waals surface area contributed by atoms with Crippen LogP contribution in [0, 0.1) is 20.4 Å². The molecule has 0 aliphatic carbocycles. The van der Waals surface area contributed by atoms with Crippen molar-refractivity contribution in [2.45, 2.75) is 32.7 Å². The van der Waals surface area contributed by atoms with Gasteiger partial charge in [-0.3, -0.25) is 4.57 Å². The van der Waals surface area contributed by atoms with E-state index in [1.165, 1.54) is 16.6 Å². The maximum atomic E-state index is 7.30. The quantitative estimate of drug-likeness (QED) is 0.318. The van der Waals surface area contributed by atoms with Crippen molar-refractivity contribution in [3.8, 4) is 5.69 Å². The number of aryl methyl sites for hydroxylation is 2. The van der Waals surface area contributed by atoms with Crippen LogP contribution < -0.4 is 4.90 Å². The molecule has 1 aromatic carbocycles. The minimum atomic E-state index is 0.162. The molecule has 3 heterocycles. The van der Waals surface area contributed by atoms with E-state index in [-0.39, 0.29) is 6.04 Å². The summed E-state index contributed by atoms with van der Waals surface area (Å²) in [7, 11) is 0. The van der Waals surface area contributed by atoms with Crippen molar-refractivity contribution >= 4 is 64.5 Å². The number of hydrogen-bond donors (Lipinski definition) is 0. The summed E-state index contributed by atoms with van der Waals surface area (Å²) < 4.78 is 5.16. The van der Waals surface area contributed by atoms with E-state index in [9.17, 15) is 0 Å². The number of fused-ring (bicyclic) bond motifs is 1. The number of rotatable bonds is 2. The van der Waals surface area contributed by atoms with Gasteiger partial charge in [-0.2, -0.15) is 0 Å². The molecule has 0 radical (unpaired) electrons. The van der Waals surface area contributed by atoms with Crippen LogP contribution >= 0.6 is 47.8 Å². The van der Waals surface area contributed by atoms with E-state index in [0.29, 0.717) is 0 Å². The zero-order valence-electron chi connectivity index (χ0n) is 15.6. The fourth-order valence-electron chi connectivity index (χ4n) is 3.93. The first-order valence-corrected chi connectivity index (χ1v) is 11.5. The van der Waals surface area contributed by atoms with Crippen LogP contribution in [0.15, 0.2) is 37.8 Å². The second-order valence-corrected chi connectivity index (χ2v) is 9.85. The van der Waals surface area contributed by atoms with Gasteiger partial charge in [-0.25, -0.2) is 11.6 Å². The van der Waals surface area contributed by atoms with Crippen LogP contribution in [0.1, 0.15) is 24.1 Å². The topological polar surface area (TPSA) is 25.4 Å². The average molecular weight is 567 g/mol. The number of pyridine rings is 1. The average Bonchev–Trinajstić information content (AvgIpc) is 2.96.